The first-order valence-electron chi connectivity index (χ1n) is 4.57. The van der Waals surface area contributed by atoms with Crippen LogP contribution in [0.3, 0.4) is 0 Å². The molecule has 0 aromatic rings. The summed E-state index contributed by atoms with van der Waals surface area (Å²) in [5.74, 6) is 0. The number of methoxy groups -OCH3 is 1. The molecule has 0 fully saturated rings. The highest BCUT2D eigenvalue weighted by molar-refractivity contribution is 4.62. The third kappa shape index (κ3) is 6.32. The van der Waals surface area contributed by atoms with Gasteiger partial charge in [0.2, 0.25) is 0 Å². The molecule has 0 rings (SSSR count). The quantitative estimate of drug-likeness (QED) is 0.572. The molecule has 0 saturated heterocycles. The molecule has 2 heteroatoms. The second kappa shape index (κ2) is 8.02. The molecule has 2 nitrogen and oxygen atoms in total. The van der Waals surface area contributed by atoms with Gasteiger partial charge in [-0.05, 0) is 12.8 Å². The molecule has 1 atom stereocenters. The molecule has 0 heterocycles. The van der Waals surface area contributed by atoms with Gasteiger partial charge in [0.1, 0.15) is 0 Å². The van der Waals surface area contributed by atoms with Gasteiger partial charge in [-0.3, -0.25) is 0 Å². The summed E-state index contributed by atoms with van der Waals surface area (Å²) < 4.78 is 4.95. The highest BCUT2D eigenvalue weighted by atomic mass is 16.5. The summed E-state index contributed by atoms with van der Waals surface area (Å²) in [6, 6.07) is 0.690. The minimum atomic E-state index is 0.690. The predicted octanol–water partition coefficient (Wildman–Crippen LogP) is 1.80. The van der Waals surface area contributed by atoms with Gasteiger partial charge in [-0.2, -0.15) is 0 Å². The Kier molecular flexibility index (Phi) is 7.96. The summed E-state index contributed by atoms with van der Waals surface area (Å²) in [5, 5.41) is 3.45. The molecule has 0 radical (unpaired) electrons. The van der Waals surface area contributed by atoms with Crippen LogP contribution in [0.2, 0.25) is 0 Å². The zero-order chi connectivity index (χ0) is 8.53. The number of nitrogens with one attached hydrogen (secondary N) is 1. The van der Waals surface area contributed by atoms with Gasteiger partial charge in [0.25, 0.3) is 0 Å². The number of hydrogen-bond donors (Lipinski definition) is 1. The third-order valence-electron chi connectivity index (χ3n) is 1.87. The maximum absolute atomic E-state index is 4.95. The molecule has 0 saturated carbocycles. The van der Waals surface area contributed by atoms with Crippen molar-refractivity contribution in [1.29, 1.82) is 0 Å². The molecule has 68 valence electrons. The second-order valence-corrected chi connectivity index (χ2v) is 2.84. The normalized spacial score (nSPS) is 13.4. The highest BCUT2D eigenvalue weighted by Gasteiger charge is 2.01. The topological polar surface area (TPSA) is 21.3 Å². The number of rotatable bonds is 7. The summed E-state index contributed by atoms with van der Waals surface area (Å²) in [5.41, 5.74) is 0. The molecule has 0 amide bonds. The van der Waals surface area contributed by atoms with Gasteiger partial charge >= 0.3 is 0 Å². The SMILES string of the molecule is CCCC(CC)NCCOC. The van der Waals surface area contributed by atoms with E-state index in [9.17, 15) is 0 Å². The first-order valence-corrected chi connectivity index (χ1v) is 4.57. The Hall–Kier alpha value is -0.0800. The highest BCUT2D eigenvalue weighted by Crippen LogP contribution is 1.99. The fourth-order valence-electron chi connectivity index (χ4n) is 1.16. The van der Waals surface area contributed by atoms with E-state index in [1.807, 2.05) is 0 Å². The smallest absolute Gasteiger partial charge is 0.0587 e. The summed E-state index contributed by atoms with van der Waals surface area (Å²) in [6.45, 7) is 6.25. The van der Waals surface area contributed by atoms with Gasteiger partial charge < -0.3 is 10.1 Å². The Labute approximate surface area is 70.3 Å². The van der Waals surface area contributed by atoms with Crippen molar-refractivity contribution >= 4 is 0 Å². The van der Waals surface area contributed by atoms with Gasteiger partial charge in [-0.25, -0.2) is 0 Å². The monoisotopic (exact) mass is 159 g/mol. The van der Waals surface area contributed by atoms with Crippen LogP contribution in [0.1, 0.15) is 33.1 Å². The van der Waals surface area contributed by atoms with Gasteiger partial charge in [0.05, 0.1) is 6.61 Å². The number of ether oxygens (including phenoxy) is 1. The lowest BCUT2D eigenvalue weighted by Gasteiger charge is -2.15. The van der Waals surface area contributed by atoms with Crippen molar-refractivity contribution in [3.05, 3.63) is 0 Å². The molecule has 0 aliphatic carbocycles. The molecule has 1 N–H and O–H groups in total. The third-order valence-corrected chi connectivity index (χ3v) is 1.87. The average molecular weight is 159 g/mol. The lowest BCUT2D eigenvalue weighted by Crippen LogP contribution is -2.31. The van der Waals surface area contributed by atoms with E-state index in [-0.39, 0.29) is 0 Å². The molecule has 0 aliphatic heterocycles. The van der Waals surface area contributed by atoms with E-state index in [2.05, 4.69) is 19.2 Å². The van der Waals surface area contributed by atoms with Gasteiger partial charge in [0, 0.05) is 19.7 Å². The lowest BCUT2D eigenvalue weighted by atomic mass is 10.1. The Morgan fingerprint density at radius 1 is 1.36 bits per heavy atom. The largest absolute Gasteiger partial charge is 0.383 e. The molecule has 0 spiro atoms. The first-order chi connectivity index (χ1) is 5.35. The molecular weight excluding hydrogens is 138 g/mol. The van der Waals surface area contributed by atoms with E-state index >= 15 is 0 Å². The minimum absolute atomic E-state index is 0.690. The lowest BCUT2D eigenvalue weighted by molar-refractivity contribution is 0.194. The van der Waals surface area contributed by atoms with Crippen molar-refractivity contribution in [2.24, 2.45) is 0 Å². The average Bonchev–Trinajstić information content (AvgIpc) is 2.03. The van der Waals surface area contributed by atoms with Crippen LogP contribution in [0.15, 0.2) is 0 Å². The fraction of sp³-hybridized carbons (Fsp3) is 1.00. The maximum atomic E-state index is 4.95. The van der Waals surface area contributed by atoms with Crippen LogP contribution in [0.4, 0.5) is 0 Å². The molecule has 0 aliphatic rings. The Morgan fingerprint density at radius 2 is 2.09 bits per heavy atom. The summed E-state index contributed by atoms with van der Waals surface area (Å²) >= 11 is 0. The van der Waals surface area contributed by atoms with Crippen LogP contribution in [0, 0.1) is 0 Å². The zero-order valence-electron chi connectivity index (χ0n) is 8.02. The summed E-state index contributed by atoms with van der Waals surface area (Å²) in [4.78, 5) is 0. The molecule has 0 bridgehead atoms. The molecular formula is C9H21NO. The Morgan fingerprint density at radius 3 is 2.55 bits per heavy atom. The maximum Gasteiger partial charge on any atom is 0.0587 e. The van der Waals surface area contributed by atoms with Crippen molar-refractivity contribution in [3.8, 4) is 0 Å². The molecule has 1 unspecified atom stereocenters. The molecule has 0 aromatic carbocycles. The van der Waals surface area contributed by atoms with Crippen LogP contribution < -0.4 is 5.32 Å². The van der Waals surface area contributed by atoms with E-state index in [4.69, 9.17) is 4.74 Å². The van der Waals surface area contributed by atoms with Crippen molar-refractivity contribution < 1.29 is 4.74 Å². The van der Waals surface area contributed by atoms with E-state index in [0.29, 0.717) is 6.04 Å². The predicted molar refractivity (Wildman–Crippen MR) is 48.9 cm³/mol. The van der Waals surface area contributed by atoms with Crippen molar-refractivity contribution in [2.75, 3.05) is 20.3 Å². The van der Waals surface area contributed by atoms with Crippen LogP contribution in [0.5, 0.6) is 0 Å². The summed E-state index contributed by atoms with van der Waals surface area (Å²) in [7, 11) is 1.74. The van der Waals surface area contributed by atoms with Crippen LogP contribution >= 0.6 is 0 Å². The number of hydrogen-bond acceptors (Lipinski definition) is 2. The van der Waals surface area contributed by atoms with E-state index in [1.54, 1.807) is 7.11 Å². The molecule has 11 heavy (non-hydrogen) atoms. The van der Waals surface area contributed by atoms with Crippen molar-refractivity contribution in [1.82, 2.24) is 5.32 Å². The van der Waals surface area contributed by atoms with Crippen LogP contribution in [0.25, 0.3) is 0 Å². The van der Waals surface area contributed by atoms with E-state index in [1.165, 1.54) is 19.3 Å². The second-order valence-electron chi connectivity index (χ2n) is 2.84. The minimum Gasteiger partial charge on any atom is -0.383 e. The van der Waals surface area contributed by atoms with E-state index in [0.717, 1.165) is 13.2 Å². The standard InChI is InChI=1S/C9H21NO/c1-4-6-9(5-2)10-7-8-11-3/h9-10H,4-8H2,1-3H3. The van der Waals surface area contributed by atoms with Crippen LogP contribution in [-0.4, -0.2) is 26.3 Å². The summed E-state index contributed by atoms with van der Waals surface area (Å²) in [6.07, 6.45) is 3.76. The van der Waals surface area contributed by atoms with Crippen LogP contribution in [-0.2, 0) is 4.74 Å². The molecule has 0 aromatic heterocycles. The van der Waals surface area contributed by atoms with Gasteiger partial charge in [-0.15, -0.1) is 0 Å². The fourth-order valence-corrected chi connectivity index (χ4v) is 1.16. The van der Waals surface area contributed by atoms with Crippen molar-refractivity contribution in [2.45, 2.75) is 39.2 Å². The Balaban J connectivity index is 3.20. The Bertz CT molecular complexity index is 76.0. The first kappa shape index (κ1) is 10.9. The van der Waals surface area contributed by atoms with Gasteiger partial charge in [-0.1, -0.05) is 20.3 Å². The van der Waals surface area contributed by atoms with Gasteiger partial charge in [0.15, 0.2) is 0 Å². The van der Waals surface area contributed by atoms with Crippen molar-refractivity contribution in [3.63, 3.8) is 0 Å². The van der Waals surface area contributed by atoms with E-state index < -0.39 is 0 Å². The zero-order valence-corrected chi connectivity index (χ0v) is 8.02.